The van der Waals surface area contributed by atoms with E-state index in [4.69, 9.17) is 0 Å². The average molecular weight is 481 g/mol. The van der Waals surface area contributed by atoms with E-state index in [-0.39, 0.29) is 42.8 Å². The van der Waals surface area contributed by atoms with Crippen LogP contribution in [0.2, 0.25) is 0 Å². The highest BCUT2D eigenvalue weighted by Gasteiger charge is 2.52. The van der Waals surface area contributed by atoms with Crippen LogP contribution in [0.1, 0.15) is 58.9 Å². The first kappa shape index (κ1) is 24.4. The average Bonchev–Trinajstić information content (AvgIpc) is 3.15. The molecule has 8 nitrogen and oxygen atoms in total. The van der Waals surface area contributed by atoms with Gasteiger partial charge in [-0.25, -0.2) is 4.39 Å². The third-order valence-corrected chi connectivity index (χ3v) is 6.70. The van der Waals surface area contributed by atoms with Gasteiger partial charge >= 0.3 is 0 Å². The number of halogens is 1. The first-order valence-corrected chi connectivity index (χ1v) is 11.8. The van der Waals surface area contributed by atoms with E-state index >= 15 is 0 Å². The van der Waals surface area contributed by atoms with Crippen molar-refractivity contribution >= 4 is 29.3 Å². The molecule has 1 atom stereocenters. The van der Waals surface area contributed by atoms with E-state index in [1.165, 1.54) is 6.07 Å². The Morgan fingerprint density at radius 1 is 1.09 bits per heavy atom. The van der Waals surface area contributed by atoms with Gasteiger partial charge in [0.25, 0.3) is 11.8 Å². The predicted octanol–water partition coefficient (Wildman–Crippen LogP) is 2.76. The molecule has 4 rings (SSSR count). The number of carbonyl (C=O) groups excluding carboxylic acids is 4. The Kier molecular flexibility index (Phi) is 6.86. The molecule has 0 bridgehead atoms. The van der Waals surface area contributed by atoms with Crippen molar-refractivity contribution in [3.63, 3.8) is 0 Å². The summed E-state index contributed by atoms with van der Waals surface area (Å²) in [7, 11) is 0. The van der Waals surface area contributed by atoms with Gasteiger partial charge in [0.15, 0.2) is 0 Å². The van der Waals surface area contributed by atoms with E-state index in [9.17, 15) is 23.6 Å². The molecule has 2 N–H and O–H groups in total. The molecular weight excluding hydrogens is 451 g/mol. The second-order valence-electron chi connectivity index (χ2n) is 9.09. The lowest BCUT2D eigenvalue weighted by molar-refractivity contribution is -0.121. The van der Waals surface area contributed by atoms with E-state index in [2.05, 4.69) is 10.6 Å². The van der Waals surface area contributed by atoms with Crippen molar-refractivity contribution in [3.8, 4) is 0 Å². The highest BCUT2D eigenvalue weighted by atomic mass is 19.1. The maximum Gasteiger partial charge on any atom is 0.257 e. The zero-order valence-electron chi connectivity index (χ0n) is 19.9. The fraction of sp³-hybridized carbons (Fsp3) is 0.385. The topological polar surface area (TPSA) is 98.8 Å². The zero-order chi connectivity index (χ0) is 25.2. The highest BCUT2D eigenvalue weighted by molar-refractivity contribution is 6.10. The number of hydrogen-bond acceptors (Lipinski definition) is 4. The van der Waals surface area contributed by atoms with Crippen LogP contribution in [-0.4, -0.2) is 53.8 Å². The van der Waals surface area contributed by atoms with E-state index in [0.29, 0.717) is 42.6 Å². The lowest BCUT2D eigenvalue weighted by Crippen LogP contribution is -2.62. The zero-order valence-corrected chi connectivity index (χ0v) is 19.9. The summed E-state index contributed by atoms with van der Waals surface area (Å²) in [5.41, 5.74) is 1.09. The summed E-state index contributed by atoms with van der Waals surface area (Å²) in [5.74, 6) is -1.20. The van der Waals surface area contributed by atoms with Crippen LogP contribution in [0, 0.1) is 12.7 Å². The number of aryl methyl sites for hydroxylation is 1. The Morgan fingerprint density at radius 2 is 1.83 bits per heavy atom. The fourth-order valence-corrected chi connectivity index (χ4v) is 4.74. The number of amides is 4. The summed E-state index contributed by atoms with van der Waals surface area (Å²) in [6, 6.07) is 11.4. The number of hydrogen-bond donors (Lipinski definition) is 2. The van der Waals surface area contributed by atoms with Crippen molar-refractivity contribution < 1.29 is 23.6 Å². The normalized spacial score (nSPS) is 18.8. The van der Waals surface area contributed by atoms with Gasteiger partial charge in [-0.3, -0.25) is 24.1 Å². The summed E-state index contributed by atoms with van der Waals surface area (Å²) < 4.78 is 13.6. The van der Waals surface area contributed by atoms with Crippen LogP contribution < -0.4 is 15.5 Å². The molecule has 2 aromatic carbocycles. The van der Waals surface area contributed by atoms with Crippen LogP contribution in [0.4, 0.5) is 10.1 Å². The molecular formula is C26H29FN4O4. The third-order valence-electron chi connectivity index (χ3n) is 6.70. The molecule has 184 valence electrons. The van der Waals surface area contributed by atoms with E-state index < -0.39 is 17.4 Å². The number of nitrogens with zero attached hydrogens (tertiary/aromatic N) is 2. The van der Waals surface area contributed by atoms with Crippen molar-refractivity contribution in [2.75, 3.05) is 24.5 Å². The molecule has 2 aromatic rings. The minimum absolute atomic E-state index is 0.00869. The third kappa shape index (κ3) is 4.76. The molecule has 2 heterocycles. The highest BCUT2D eigenvalue weighted by Crippen LogP contribution is 2.43. The summed E-state index contributed by atoms with van der Waals surface area (Å²) in [6.45, 7) is 4.30. The van der Waals surface area contributed by atoms with Gasteiger partial charge in [0.05, 0.1) is 11.3 Å². The Balaban J connectivity index is 1.25. The van der Waals surface area contributed by atoms with Gasteiger partial charge < -0.3 is 15.5 Å². The molecule has 1 unspecified atom stereocenters. The molecule has 0 aliphatic carbocycles. The molecule has 35 heavy (non-hydrogen) atoms. The summed E-state index contributed by atoms with van der Waals surface area (Å²) >= 11 is 0. The van der Waals surface area contributed by atoms with Gasteiger partial charge in [-0.15, -0.1) is 0 Å². The molecule has 0 saturated carbocycles. The molecule has 4 amide bonds. The van der Waals surface area contributed by atoms with E-state index in [1.807, 2.05) is 13.0 Å². The summed E-state index contributed by atoms with van der Waals surface area (Å²) in [5, 5.41) is 5.39. The number of carbonyl (C=O) groups is 4. The molecule has 0 radical (unpaired) electrons. The number of fused-ring (bicyclic) bond motifs is 3. The van der Waals surface area contributed by atoms with Crippen molar-refractivity contribution in [1.29, 1.82) is 0 Å². The van der Waals surface area contributed by atoms with Crippen LogP contribution in [-0.2, 0) is 9.59 Å². The maximum atomic E-state index is 13.6. The molecule has 2 aliphatic heterocycles. The van der Waals surface area contributed by atoms with Gasteiger partial charge in [-0.05, 0) is 56.5 Å². The molecule has 1 saturated heterocycles. The van der Waals surface area contributed by atoms with Crippen LogP contribution in [0.5, 0.6) is 0 Å². The molecule has 0 spiro atoms. The molecule has 1 fully saturated rings. The Hall–Kier alpha value is -3.75. The number of anilines is 1. The van der Waals surface area contributed by atoms with Crippen LogP contribution in [0.3, 0.4) is 0 Å². The number of para-hydroxylation sites is 1. The van der Waals surface area contributed by atoms with Crippen molar-refractivity contribution in [3.05, 3.63) is 65.0 Å². The minimum Gasteiger partial charge on any atom is -0.354 e. The van der Waals surface area contributed by atoms with Gasteiger partial charge in [-0.1, -0.05) is 18.2 Å². The summed E-state index contributed by atoms with van der Waals surface area (Å²) in [6.07, 6.45) is 1.55. The lowest BCUT2D eigenvalue weighted by atomic mass is 9.98. The van der Waals surface area contributed by atoms with E-state index in [1.54, 1.807) is 47.1 Å². The number of rotatable bonds is 8. The van der Waals surface area contributed by atoms with Crippen molar-refractivity contribution in [2.45, 2.75) is 45.2 Å². The van der Waals surface area contributed by atoms with Crippen LogP contribution >= 0.6 is 0 Å². The second kappa shape index (κ2) is 9.85. The minimum atomic E-state index is -0.737. The first-order valence-electron chi connectivity index (χ1n) is 11.8. The van der Waals surface area contributed by atoms with Gasteiger partial charge in [0, 0.05) is 38.0 Å². The molecule has 2 aliphatic rings. The lowest BCUT2D eigenvalue weighted by Gasteiger charge is -2.48. The quantitative estimate of drug-likeness (QED) is 0.568. The Bertz CT molecular complexity index is 1180. The smallest absolute Gasteiger partial charge is 0.257 e. The number of nitrogens with one attached hydrogen (secondary N) is 2. The Labute approximate surface area is 203 Å². The molecule has 9 heteroatoms. The maximum absolute atomic E-state index is 13.6. The fourth-order valence-electron chi connectivity index (χ4n) is 4.74. The Morgan fingerprint density at radius 3 is 2.60 bits per heavy atom. The summed E-state index contributed by atoms with van der Waals surface area (Å²) in [4.78, 5) is 53.6. The predicted molar refractivity (Wildman–Crippen MR) is 128 cm³/mol. The SMILES string of the molecule is Cc1ccc(C(=O)NCCNC(=O)CCCN2C(=O)c3ccccc3N3C(=O)CCC23C)cc1F. The first-order chi connectivity index (χ1) is 16.7. The van der Waals surface area contributed by atoms with Crippen molar-refractivity contribution in [2.24, 2.45) is 0 Å². The van der Waals surface area contributed by atoms with E-state index in [0.717, 1.165) is 0 Å². The standard InChI is InChI=1S/C26H29FN4O4/c1-17-9-10-18(16-20(17)27)24(34)29-14-13-28-22(32)8-5-15-30-25(35)19-6-3-4-7-21(19)31-23(33)11-12-26(30,31)2/h3-4,6-7,9-10,16H,5,8,11-15H2,1-2H3,(H,28,32)(H,29,34). The van der Waals surface area contributed by atoms with Gasteiger partial charge in [0.2, 0.25) is 11.8 Å². The van der Waals surface area contributed by atoms with Crippen LogP contribution in [0.25, 0.3) is 0 Å². The monoisotopic (exact) mass is 480 g/mol. The van der Waals surface area contributed by atoms with Gasteiger partial charge in [0.1, 0.15) is 11.5 Å². The largest absolute Gasteiger partial charge is 0.354 e. The molecule has 0 aromatic heterocycles. The van der Waals surface area contributed by atoms with Crippen molar-refractivity contribution in [1.82, 2.24) is 15.5 Å². The van der Waals surface area contributed by atoms with Crippen LogP contribution in [0.15, 0.2) is 42.5 Å². The number of benzene rings is 2. The second-order valence-corrected chi connectivity index (χ2v) is 9.09. The van der Waals surface area contributed by atoms with Gasteiger partial charge in [-0.2, -0.15) is 0 Å².